The summed E-state index contributed by atoms with van der Waals surface area (Å²) in [6.07, 6.45) is 5.87. The number of nitrogens with zero attached hydrogens (tertiary/aromatic N) is 2. The zero-order valence-corrected chi connectivity index (χ0v) is 14.2. The van der Waals surface area contributed by atoms with Gasteiger partial charge in [-0.3, -0.25) is 4.98 Å². The number of aromatic nitrogens is 1. The topological polar surface area (TPSA) is 28.2 Å². The van der Waals surface area contributed by atoms with Gasteiger partial charge < -0.3 is 10.2 Å². The van der Waals surface area contributed by atoms with Gasteiger partial charge in [-0.15, -0.1) is 0 Å². The summed E-state index contributed by atoms with van der Waals surface area (Å²) in [7, 11) is 0. The zero-order valence-electron chi connectivity index (χ0n) is 14.2. The molecule has 0 saturated carbocycles. The molecule has 0 spiro atoms. The Labute approximate surface area is 130 Å². The number of piperidine rings is 1. The molecule has 1 aliphatic heterocycles. The zero-order chi connectivity index (χ0) is 15.2. The summed E-state index contributed by atoms with van der Waals surface area (Å²) < 4.78 is 0. The Morgan fingerprint density at radius 3 is 2.67 bits per heavy atom. The number of hydrogen-bond acceptors (Lipinski definition) is 3. The van der Waals surface area contributed by atoms with E-state index in [0.717, 1.165) is 30.6 Å². The fourth-order valence-electron chi connectivity index (χ4n) is 3.21. The monoisotopic (exact) mass is 289 g/mol. The van der Waals surface area contributed by atoms with Crippen LogP contribution in [0.1, 0.15) is 51.3 Å². The SMILES string of the molecule is CCCNCc1cnc(C)cc1N1CCC(C(C)C)CC1. The maximum atomic E-state index is 4.49. The predicted octanol–water partition coefficient (Wildman–Crippen LogP) is 3.76. The molecule has 1 N–H and O–H groups in total. The van der Waals surface area contributed by atoms with E-state index in [1.165, 1.54) is 43.6 Å². The summed E-state index contributed by atoms with van der Waals surface area (Å²) in [5, 5.41) is 3.51. The van der Waals surface area contributed by atoms with E-state index >= 15 is 0 Å². The molecule has 0 radical (unpaired) electrons. The van der Waals surface area contributed by atoms with Gasteiger partial charge in [0.05, 0.1) is 0 Å². The summed E-state index contributed by atoms with van der Waals surface area (Å²) in [6.45, 7) is 13.4. The third-order valence-electron chi connectivity index (χ3n) is 4.66. The van der Waals surface area contributed by atoms with E-state index in [1.807, 2.05) is 0 Å². The molecule has 2 rings (SSSR count). The molecule has 0 aliphatic carbocycles. The summed E-state index contributed by atoms with van der Waals surface area (Å²) in [5.74, 6) is 1.71. The highest BCUT2D eigenvalue weighted by Gasteiger charge is 2.23. The molecule has 0 unspecified atom stereocenters. The quantitative estimate of drug-likeness (QED) is 0.808. The average Bonchev–Trinajstić information content (AvgIpc) is 2.49. The first-order valence-corrected chi connectivity index (χ1v) is 8.53. The van der Waals surface area contributed by atoms with Crippen molar-refractivity contribution in [2.45, 2.75) is 53.5 Å². The molecule has 0 atom stereocenters. The molecule has 1 aromatic heterocycles. The highest BCUT2D eigenvalue weighted by atomic mass is 15.1. The minimum atomic E-state index is 0.817. The Balaban J connectivity index is 2.06. The number of rotatable bonds is 6. The van der Waals surface area contributed by atoms with Crippen LogP contribution >= 0.6 is 0 Å². The van der Waals surface area contributed by atoms with Crippen LogP contribution < -0.4 is 10.2 Å². The Morgan fingerprint density at radius 1 is 1.33 bits per heavy atom. The Bertz CT molecular complexity index is 434. The van der Waals surface area contributed by atoms with Crippen molar-refractivity contribution in [2.75, 3.05) is 24.5 Å². The fourth-order valence-corrected chi connectivity index (χ4v) is 3.21. The van der Waals surface area contributed by atoms with Gasteiger partial charge in [-0.2, -0.15) is 0 Å². The molecule has 0 amide bonds. The number of hydrogen-bond donors (Lipinski definition) is 1. The van der Waals surface area contributed by atoms with Gasteiger partial charge in [0.15, 0.2) is 0 Å². The first-order valence-electron chi connectivity index (χ1n) is 8.53. The molecule has 21 heavy (non-hydrogen) atoms. The molecule has 1 aromatic rings. The van der Waals surface area contributed by atoms with Gasteiger partial charge in [-0.1, -0.05) is 20.8 Å². The second-order valence-corrected chi connectivity index (χ2v) is 6.70. The van der Waals surface area contributed by atoms with E-state index in [-0.39, 0.29) is 0 Å². The molecular formula is C18H31N3. The maximum Gasteiger partial charge on any atom is 0.0445 e. The van der Waals surface area contributed by atoms with E-state index in [0.29, 0.717) is 0 Å². The minimum Gasteiger partial charge on any atom is -0.371 e. The van der Waals surface area contributed by atoms with Crippen molar-refractivity contribution in [3.63, 3.8) is 0 Å². The van der Waals surface area contributed by atoms with Crippen LogP contribution in [-0.4, -0.2) is 24.6 Å². The molecule has 1 saturated heterocycles. The lowest BCUT2D eigenvalue weighted by atomic mass is 9.86. The van der Waals surface area contributed by atoms with E-state index in [9.17, 15) is 0 Å². The molecule has 118 valence electrons. The Kier molecular flexibility index (Phi) is 6.04. The summed E-state index contributed by atoms with van der Waals surface area (Å²) in [4.78, 5) is 7.06. The van der Waals surface area contributed by atoms with E-state index in [4.69, 9.17) is 0 Å². The third kappa shape index (κ3) is 4.44. The van der Waals surface area contributed by atoms with Crippen LogP contribution in [0.5, 0.6) is 0 Å². The average molecular weight is 289 g/mol. The molecule has 2 heterocycles. The van der Waals surface area contributed by atoms with Gasteiger partial charge in [0.25, 0.3) is 0 Å². The first-order chi connectivity index (χ1) is 10.1. The van der Waals surface area contributed by atoms with Crippen molar-refractivity contribution in [3.8, 4) is 0 Å². The normalized spacial score (nSPS) is 16.7. The van der Waals surface area contributed by atoms with Crippen LogP contribution in [-0.2, 0) is 6.54 Å². The van der Waals surface area contributed by atoms with Gasteiger partial charge in [0.1, 0.15) is 0 Å². The lowest BCUT2D eigenvalue weighted by Gasteiger charge is -2.36. The lowest BCUT2D eigenvalue weighted by molar-refractivity contribution is 0.311. The lowest BCUT2D eigenvalue weighted by Crippen LogP contribution is -2.36. The molecule has 0 bridgehead atoms. The summed E-state index contributed by atoms with van der Waals surface area (Å²) in [5.41, 5.74) is 3.86. The van der Waals surface area contributed by atoms with Crippen LogP contribution in [0.2, 0.25) is 0 Å². The minimum absolute atomic E-state index is 0.817. The standard InChI is InChI=1S/C18H31N3/c1-5-8-19-12-17-13-20-15(4)11-18(17)21-9-6-16(7-10-21)14(2)3/h11,13-14,16,19H,5-10,12H2,1-4H3. The highest BCUT2D eigenvalue weighted by Crippen LogP contribution is 2.29. The molecule has 1 fully saturated rings. The van der Waals surface area contributed by atoms with Crippen molar-refractivity contribution < 1.29 is 0 Å². The van der Waals surface area contributed by atoms with Crippen LogP contribution in [0, 0.1) is 18.8 Å². The second-order valence-electron chi connectivity index (χ2n) is 6.70. The summed E-state index contributed by atoms with van der Waals surface area (Å²) >= 11 is 0. The van der Waals surface area contributed by atoms with E-state index in [2.05, 4.69) is 55.2 Å². The van der Waals surface area contributed by atoms with Crippen molar-refractivity contribution in [1.29, 1.82) is 0 Å². The molecule has 3 nitrogen and oxygen atoms in total. The van der Waals surface area contributed by atoms with Gasteiger partial charge in [0.2, 0.25) is 0 Å². The second kappa shape index (κ2) is 7.79. The van der Waals surface area contributed by atoms with E-state index < -0.39 is 0 Å². The molecule has 0 aromatic carbocycles. The third-order valence-corrected chi connectivity index (χ3v) is 4.66. The van der Waals surface area contributed by atoms with Gasteiger partial charge in [-0.05, 0) is 50.6 Å². The van der Waals surface area contributed by atoms with Gasteiger partial charge >= 0.3 is 0 Å². The highest BCUT2D eigenvalue weighted by molar-refractivity contribution is 5.54. The molecule has 1 aliphatic rings. The molecule has 3 heteroatoms. The van der Waals surface area contributed by atoms with Crippen molar-refractivity contribution in [3.05, 3.63) is 23.5 Å². The smallest absolute Gasteiger partial charge is 0.0445 e. The predicted molar refractivity (Wildman–Crippen MR) is 90.7 cm³/mol. The number of aryl methyl sites for hydroxylation is 1. The Hall–Kier alpha value is -1.09. The Morgan fingerprint density at radius 2 is 2.05 bits per heavy atom. The molecular weight excluding hydrogens is 258 g/mol. The van der Waals surface area contributed by atoms with Gasteiger partial charge in [0, 0.05) is 42.8 Å². The van der Waals surface area contributed by atoms with E-state index in [1.54, 1.807) is 0 Å². The number of pyridine rings is 1. The first kappa shape index (κ1) is 16.3. The summed E-state index contributed by atoms with van der Waals surface area (Å²) in [6, 6.07) is 2.26. The van der Waals surface area contributed by atoms with Crippen molar-refractivity contribution in [1.82, 2.24) is 10.3 Å². The van der Waals surface area contributed by atoms with Crippen molar-refractivity contribution in [2.24, 2.45) is 11.8 Å². The number of nitrogens with one attached hydrogen (secondary N) is 1. The van der Waals surface area contributed by atoms with Crippen LogP contribution in [0.15, 0.2) is 12.3 Å². The number of anilines is 1. The van der Waals surface area contributed by atoms with Crippen LogP contribution in [0.25, 0.3) is 0 Å². The largest absolute Gasteiger partial charge is 0.371 e. The van der Waals surface area contributed by atoms with Crippen molar-refractivity contribution >= 4 is 5.69 Å². The fraction of sp³-hybridized carbons (Fsp3) is 0.722. The van der Waals surface area contributed by atoms with Gasteiger partial charge in [-0.25, -0.2) is 0 Å². The van der Waals surface area contributed by atoms with Crippen LogP contribution in [0.4, 0.5) is 5.69 Å². The maximum absolute atomic E-state index is 4.49. The van der Waals surface area contributed by atoms with Crippen LogP contribution in [0.3, 0.4) is 0 Å².